The number of hydrogen-bond acceptors (Lipinski definition) is 4. The second-order valence-electron chi connectivity index (χ2n) is 5.78. The molecule has 1 saturated heterocycles. The van der Waals surface area contributed by atoms with Crippen molar-refractivity contribution in [1.82, 2.24) is 10.6 Å². The van der Waals surface area contributed by atoms with Gasteiger partial charge in [-0.3, -0.25) is 4.99 Å². The standard InChI is InChI=1S/C18H29N3O2S.HI/c1-3-19-17(20-11-14-23-16-7-5-4-6-8-16)21-15-18(24-2)9-12-22-13-10-18;/h4-8H,3,9-15H2,1-2H3,(H2,19,20,21);1H. The van der Waals surface area contributed by atoms with Crippen LogP contribution in [0.15, 0.2) is 35.3 Å². The second-order valence-corrected chi connectivity index (χ2v) is 7.06. The molecule has 142 valence electrons. The van der Waals surface area contributed by atoms with Crippen molar-refractivity contribution >= 4 is 41.7 Å². The van der Waals surface area contributed by atoms with E-state index in [9.17, 15) is 0 Å². The van der Waals surface area contributed by atoms with Crippen molar-refractivity contribution in [3.63, 3.8) is 0 Å². The highest BCUT2D eigenvalue weighted by Gasteiger charge is 2.31. The smallest absolute Gasteiger partial charge is 0.191 e. The highest BCUT2D eigenvalue weighted by atomic mass is 127. The fourth-order valence-corrected chi connectivity index (χ4v) is 3.36. The van der Waals surface area contributed by atoms with Gasteiger partial charge < -0.3 is 20.1 Å². The lowest BCUT2D eigenvalue weighted by Gasteiger charge is -2.34. The average molecular weight is 479 g/mol. The number of thioether (sulfide) groups is 1. The Morgan fingerprint density at radius 3 is 2.60 bits per heavy atom. The van der Waals surface area contributed by atoms with Gasteiger partial charge in [0.2, 0.25) is 0 Å². The first-order valence-corrected chi connectivity index (χ1v) is 9.83. The van der Waals surface area contributed by atoms with Gasteiger partial charge in [0.25, 0.3) is 0 Å². The van der Waals surface area contributed by atoms with E-state index in [2.05, 4.69) is 23.8 Å². The van der Waals surface area contributed by atoms with Crippen molar-refractivity contribution < 1.29 is 9.47 Å². The topological polar surface area (TPSA) is 54.9 Å². The number of aliphatic imine (C=N–C) groups is 1. The molecule has 7 heteroatoms. The minimum atomic E-state index is 0. The Hall–Kier alpha value is -0.670. The molecule has 5 nitrogen and oxygen atoms in total. The molecule has 1 fully saturated rings. The van der Waals surface area contributed by atoms with Crippen LogP contribution in [0.5, 0.6) is 5.75 Å². The molecule has 0 aliphatic carbocycles. The van der Waals surface area contributed by atoms with Crippen LogP contribution in [0.2, 0.25) is 0 Å². The highest BCUT2D eigenvalue weighted by Crippen LogP contribution is 2.33. The molecule has 1 aliphatic heterocycles. The monoisotopic (exact) mass is 479 g/mol. The Bertz CT molecular complexity index is 496. The Balaban J connectivity index is 0.00000312. The number of hydrogen-bond donors (Lipinski definition) is 2. The van der Waals surface area contributed by atoms with Gasteiger partial charge in [-0.05, 0) is 38.2 Å². The summed E-state index contributed by atoms with van der Waals surface area (Å²) in [5, 5.41) is 6.65. The summed E-state index contributed by atoms with van der Waals surface area (Å²) in [6, 6.07) is 9.87. The normalized spacial score (nSPS) is 16.6. The zero-order chi connectivity index (χ0) is 17.1. The Kier molecular flexibility index (Phi) is 11.3. The summed E-state index contributed by atoms with van der Waals surface area (Å²) in [7, 11) is 0. The maximum atomic E-state index is 5.70. The van der Waals surface area contributed by atoms with Crippen LogP contribution in [-0.4, -0.2) is 56.4 Å². The van der Waals surface area contributed by atoms with Crippen molar-refractivity contribution in [1.29, 1.82) is 0 Å². The summed E-state index contributed by atoms with van der Waals surface area (Å²) < 4.78 is 11.4. The van der Waals surface area contributed by atoms with E-state index in [0.29, 0.717) is 6.61 Å². The van der Waals surface area contributed by atoms with Gasteiger partial charge in [-0.2, -0.15) is 11.8 Å². The van der Waals surface area contributed by atoms with Crippen LogP contribution >= 0.6 is 35.7 Å². The molecule has 1 aliphatic rings. The highest BCUT2D eigenvalue weighted by molar-refractivity contribution is 14.0. The van der Waals surface area contributed by atoms with E-state index in [4.69, 9.17) is 14.5 Å². The first-order valence-electron chi connectivity index (χ1n) is 8.61. The molecule has 0 bridgehead atoms. The lowest BCUT2D eigenvalue weighted by Crippen LogP contribution is -2.42. The van der Waals surface area contributed by atoms with Gasteiger partial charge in [0.05, 0.1) is 13.1 Å². The Morgan fingerprint density at radius 2 is 1.96 bits per heavy atom. The fraction of sp³-hybridized carbons (Fsp3) is 0.611. The Labute approximate surface area is 172 Å². The summed E-state index contributed by atoms with van der Waals surface area (Å²) in [5.41, 5.74) is 0. The zero-order valence-corrected chi connectivity index (χ0v) is 18.3. The number of ether oxygens (including phenoxy) is 2. The quantitative estimate of drug-likeness (QED) is 0.260. The summed E-state index contributed by atoms with van der Waals surface area (Å²) in [4.78, 5) is 4.79. The van der Waals surface area contributed by atoms with E-state index in [-0.39, 0.29) is 28.7 Å². The maximum Gasteiger partial charge on any atom is 0.191 e. The average Bonchev–Trinajstić information content (AvgIpc) is 2.65. The molecule has 1 aromatic rings. The molecular weight excluding hydrogens is 449 g/mol. The predicted molar refractivity (Wildman–Crippen MR) is 118 cm³/mol. The number of nitrogens with one attached hydrogen (secondary N) is 2. The number of guanidine groups is 1. The van der Waals surface area contributed by atoms with E-state index in [1.54, 1.807) is 0 Å². The number of benzene rings is 1. The van der Waals surface area contributed by atoms with E-state index >= 15 is 0 Å². The summed E-state index contributed by atoms with van der Waals surface area (Å²) in [6.07, 6.45) is 4.30. The first kappa shape index (κ1) is 22.4. The fourth-order valence-electron chi connectivity index (χ4n) is 2.59. The molecule has 2 N–H and O–H groups in total. The van der Waals surface area contributed by atoms with Crippen molar-refractivity contribution in [2.24, 2.45) is 4.99 Å². The van der Waals surface area contributed by atoms with Crippen LogP contribution in [0.25, 0.3) is 0 Å². The minimum absolute atomic E-state index is 0. The van der Waals surface area contributed by atoms with E-state index in [1.807, 2.05) is 42.1 Å². The van der Waals surface area contributed by atoms with Crippen molar-refractivity contribution in [3.8, 4) is 5.75 Å². The van der Waals surface area contributed by atoms with Crippen molar-refractivity contribution in [2.75, 3.05) is 45.7 Å². The molecular formula is C18H30IN3O2S. The molecule has 0 radical (unpaired) electrons. The largest absolute Gasteiger partial charge is 0.492 e. The minimum Gasteiger partial charge on any atom is -0.492 e. The van der Waals surface area contributed by atoms with Gasteiger partial charge in [0.15, 0.2) is 5.96 Å². The molecule has 0 amide bonds. The number of halogens is 1. The number of rotatable bonds is 8. The van der Waals surface area contributed by atoms with Crippen molar-refractivity contribution in [2.45, 2.75) is 24.5 Å². The number of nitrogens with zero attached hydrogens (tertiary/aromatic N) is 1. The molecule has 2 rings (SSSR count). The predicted octanol–water partition coefficient (Wildman–Crippen LogP) is 3.15. The van der Waals surface area contributed by atoms with Gasteiger partial charge in [-0.15, -0.1) is 24.0 Å². The second kappa shape index (κ2) is 12.6. The molecule has 0 saturated carbocycles. The molecule has 0 spiro atoms. The first-order chi connectivity index (χ1) is 11.8. The van der Waals surface area contributed by atoms with Gasteiger partial charge in [0, 0.05) is 24.5 Å². The van der Waals surface area contributed by atoms with Crippen LogP contribution in [0.3, 0.4) is 0 Å². The SMILES string of the molecule is CCNC(=NCC1(SC)CCOCC1)NCCOc1ccccc1.I. The van der Waals surface area contributed by atoms with Gasteiger partial charge >= 0.3 is 0 Å². The lowest BCUT2D eigenvalue weighted by atomic mass is 9.99. The summed E-state index contributed by atoms with van der Waals surface area (Å²) >= 11 is 1.91. The molecule has 0 aromatic heterocycles. The van der Waals surface area contributed by atoms with Crippen LogP contribution < -0.4 is 15.4 Å². The Morgan fingerprint density at radius 1 is 1.24 bits per heavy atom. The summed E-state index contributed by atoms with van der Waals surface area (Å²) in [6.45, 7) is 6.74. The molecule has 1 aromatic carbocycles. The van der Waals surface area contributed by atoms with Crippen LogP contribution in [0.1, 0.15) is 19.8 Å². The van der Waals surface area contributed by atoms with Crippen LogP contribution in [-0.2, 0) is 4.74 Å². The lowest BCUT2D eigenvalue weighted by molar-refractivity contribution is 0.0794. The summed E-state index contributed by atoms with van der Waals surface area (Å²) in [5.74, 6) is 1.75. The van der Waals surface area contributed by atoms with Crippen LogP contribution in [0.4, 0.5) is 0 Å². The molecule has 1 heterocycles. The van der Waals surface area contributed by atoms with Crippen LogP contribution in [0, 0.1) is 0 Å². The molecule has 0 atom stereocenters. The molecule has 25 heavy (non-hydrogen) atoms. The maximum absolute atomic E-state index is 5.70. The third kappa shape index (κ3) is 8.04. The van der Waals surface area contributed by atoms with Gasteiger partial charge in [-0.1, -0.05) is 18.2 Å². The van der Waals surface area contributed by atoms with Gasteiger partial charge in [-0.25, -0.2) is 0 Å². The van der Waals surface area contributed by atoms with Crippen molar-refractivity contribution in [3.05, 3.63) is 30.3 Å². The van der Waals surface area contributed by atoms with E-state index in [1.165, 1.54) is 0 Å². The third-order valence-electron chi connectivity index (χ3n) is 4.11. The third-order valence-corrected chi connectivity index (χ3v) is 5.52. The molecule has 0 unspecified atom stereocenters. The van der Waals surface area contributed by atoms with Gasteiger partial charge in [0.1, 0.15) is 12.4 Å². The van der Waals surface area contributed by atoms with E-state index < -0.39 is 0 Å². The zero-order valence-electron chi connectivity index (χ0n) is 15.1. The van der Waals surface area contributed by atoms with E-state index in [0.717, 1.165) is 57.4 Å². The number of para-hydroxylation sites is 1.